The van der Waals surface area contributed by atoms with Gasteiger partial charge in [-0.2, -0.15) is 0 Å². The zero-order chi connectivity index (χ0) is 13.9. The van der Waals surface area contributed by atoms with Gasteiger partial charge in [-0.1, -0.05) is 25.3 Å². The summed E-state index contributed by atoms with van der Waals surface area (Å²) in [6, 6.07) is 5.72. The van der Waals surface area contributed by atoms with Crippen LogP contribution in [0.2, 0.25) is 0 Å². The fourth-order valence-corrected chi connectivity index (χ4v) is 3.77. The van der Waals surface area contributed by atoms with E-state index in [1.165, 1.54) is 37.7 Å². The summed E-state index contributed by atoms with van der Waals surface area (Å²) in [4.78, 5) is 2.37. The molecule has 110 valence electrons. The van der Waals surface area contributed by atoms with Crippen LogP contribution in [0.25, 0.3) is 0 Å². The third-order valence-corrected chi connectivity index (χ3v) is 4.94. The molecular weight excluding hydrogens is 251 g/mol. The number of benzene rings is 1. The summed E-state index contributed by atoms with van der Waals surface area (Å²) in [5.74, 6) is 0.679. The molecule has 1 aromatic carbocycles. The summed E-state index contributed by atoms with van der Waals surface area (Å²) in [5.41, 5.74) is 2.25. The molecule has 0 bridgehead atoms. The van der Waals surface area contributed by atoms with Crippen molar-refractivity contribution in [3.63, 3.8) is 0 Å². The quantitative estimate of drug-likeness (QED) is 0.889. The Kier molecular flexibility index (Phi) is 4.25. The largest absolute Gasteiger partial charge is 0.368 e. The molecule has 3 heteroatoms. The Labute approximate surface area is 121 Å². The predicted molar refractivity (Wildman–Crippen MR) is 81.7 cm³/mol. The average Bonchev–Trinajstić information content (AvgIpc) is 2.51. The Morgan fingerprint density at radius 3 is 2.80 bits per heavy atom. The monoisotopic (exact) mass is 276 g/mol. The molecule has 20 heavy (non-hydrogen) atoms. The van der Waals surface area contributed by atoms with Crippen LogP contribution in [-0.2, 0) is 0 Å². The van der Waals surface area contributed by atoms with Gasteiger partial charge in [-0.05, 0) is 43.4 Å². The van der Waals surface area contributed by atoms with E-state index >= 15 is 0 Å². The van der Waals surface area contributed by atoms with Crippen molar-refractivity contribution in [3.8, 4) is 0 Å². The van der Waals surface area contributed by atoms with Crippen molar-refractivity contribution in [1.82, 2.24) is 5.32 Å². The summed E-state index contributed by atoms with van der Waals surface area (Å²) >= 11 is 0. The smallest absolute Gasteiger partial charge is 0.125 e. The van der Waals surface area contributed by atoms with Gasteiger partial charge in [0.05, 0.1) is 0 Å². The van der Waals surface area contributed by atoms with Crippen molar-refractivity contribution in [2.45, 2.75) is 45.1 Å². The van der Waals surface area contributed by atoms with E-state index in [0.29, 0.717) is 6.04 Å². The van der Waals surface area contributed by atoms with Crippen LogP contribution in [0.4, 0.5) is 10.1 Å². The van der Waals surface area contributed by atoms with Gasteiger partial charge in [-0.15, -0.1) is 0 Å². The molecule has 0 radical (unpaired) electrons. The first-order chi connectivity index (χ1) is 9.74. The number of hydrogen-bond donors (Lipinski definition) is 1. The Morgan fingerprint density at radius 2 is 2.00 bits per heavy atom. The van der Waals surface area contributed by atoms with Crippen LogP contribution in [0.5, 0.6) is 0 Å². The van der Waals surface area contributed by atoms with Gasteiger partial charge in [0, 0.05) is 31.4 Å². The maximum absolute atomic E-state index is 13.5. The SMILES string of the molecule is Cc1ccc(F)cc1N1CCNC(C2CCCCC2)C1. The average molecular weight is 276 g/mol. The minimum Gasteiger partial charge on any atom is -0.368 e. The molecule has 1 heterocycles. The van der Waals surface area contributed by atoms with E-state index in [0.717, 1.165) is 31.2 Å². The Bertz CT molecular complexity index is 454. The normalized spacial score (nSPS) is 24.9. The fraction of sp³-hybridized carbons (Fsp3) is 0.647. The van der Waals surface area contributed by atoms with Gasteiger partial charge in [0.25, 0.3) is 0 Å². The van der Waals surface area contributed by atoms with Gasteiger partial charge < -0.3 is 10.2 Å². The highest BCUT2D eigenvalue weighted by atomic mass is 19.1. The minimum atomic E-state index is -0.127. The molecule has 1 atom stereocenters. The molecule has 2 fully saturated rings. The highest BCUT2D eigenvalue weighted by Crippen LogP contribution is 2.29. The van der Waals surface area contributed by atoms with Gasteiger partial charge in [-0.25, -0.2) is 4.39 Å². The number of rotatable bonds is 2. The second-order valence-corrected chi connectivity index (χ2v) is 6.34. The Hall–Kier alpha value is -1.09. The number of aryl methyl sites for hydroxylation is 1. The molecule has 3 rings (SSSR count). The van der Waals surface area contributed by atoms with E-state index in [9.17, 15) is 4.39 Å². The second kappa shape index (κ2) is 6.13. The maximum atomic E-state index is 13.5. The van der Waals surface area contributed by atoms with Gasteiger partial charge in [0.15, 0.2) is 0 Å². The first-order valence-corrected chi connectivity index (χ1v) is 7.98. The van der Waals surface area contributed by atoms with Crippen molar-refractivity contribution in [2.24, 2.45) is 5.92 Å². The van der Waals surface area contributed by atoms with E-state index in [2.05, 4.69) is 17.1 Å². The van der Waals surface area contributed by atoms with Crippen LogP contribution in [0.3, 0.4) is 0 Å². The van der Waals surface area contributed by atoms with Crippen LogP contribution < -0.4 is 10.2 Å². The molecular formula is C17H25FN2. The van der Waals surface area contributed by atoms with E-state index in [1.54, 1.807) is 12.1 Å². The third-order valence-electron chi connectivity index (χ3n) is 4.94. The lowest BCUT2D eigenvalue weighted by Crippen LogP contribution is -2.54. The summed E-state index contributed by atoms with van der Waals surface area (Å²) in [7, 11) is 0. The summed E-state index contributed by atoms with van der Waals surface area (Å²) < 4.78 is 13.5. The molecule has 0 aromatic heterocycles. The molecule has 1 aromatic rings. The first-order valence-electron chi connectivity index (χ1n) is 7.98. The third kappa shape index (κ3) is 2.98. The van der Waals surface area contributed by atoms with Gasteiger partial charge in [-0.3, -0.25) is 0 Å². The number of nitrogens with zero attached hydrogens (tertiary/aromatic N) is 1. The summed E-state index contributed by atoms with van der Waals surface area (Å²) in [6.07, 6.45) is 6.86. The van der Waals surface area contributed by atoms with E-state index < -0.39 is 0 Å². The number of piperazine rings is 1. The summed E-state index contributed by atoms with van der Waals surface area (Å²) in [6.45, 7) is 5.09. The van der Waals surface area contributed by atoms with Gasteiger partial charge in [0.1, 0.15) is 5.82 Å². The minimum absolute atomic E-state index is 0.127. The topological polar surface area (TPSA) is 15.3 Å². The molecule has 1 saturated heterocycles. The van der Waals surface area contributed by atoms with Crippen molar-refractivity contribution in [1.29, 1.82) is 0 Å². The van der Waals surface area contributed by atoms with Gasteiger partial charge in [0.2, 0.25) is 0 Å². The van der Waals surface area contributed by atoms with Crippen LogP contribution in [-0.4, -0.2) is 25.7 Å². The van der Waals surface area contributed by atoms with Gasteiger partial charge >= 0.3 is 0 Å². The maximum Gasteiger partial charge on any atom is 0.125 e. The fourth-order valence-electron chi connectivity index (χ4n) is 3.77. The molecule has 1 saturated carbocycles. The first kappa shape index (κ1) is 13.9. The lowest BCUT2D eigenvalue weighted by atomic mass is 9.83. The second-order valence-electron chi connectivity index (χ2n) is 6.34. The predicted octanol–water partition coefficient (Wildman–Crippen LogP) is 3.49. The van der Waals surface area contributed by atoms with Crippen LogP contribution in [0, 0.1) is 18.7 Å². The molecule has 0 spiro atoms. The zero-order valence-corrected chi connectivity index (χ0v) is 12.4. The Balaban J connectivity index is 1.72. The van der Waals surface area contributed by atoms with E-state index in [-0.39, 0.29) is 5.82 Å². The number of nitrogens with one attached hydrogen (secondary N) is 1. The van der Waals surface area contributed by atoms with Crippen molar-refractivity contribution >= 4 is 5.69 Å². The van der Waals surface area contributed by atoms with Crippen molar-refractivity contribution in [3.05, 3.63) is 29.6 Å². The molecule has 1 N–H and O–H groups in total. The van der Waals surface area contributed by atoms with Crippen LogP contribution in [0.15, 0.2) is 18.2 Å². The lowest BCUT2D eigenvalue weighted by molar-refractivity contribution is 0.257. The number of halogens is 1. The zero-order valence-electron chi connectivity index (χ0n) is 12.4. The lowest BCUT2D eigenvalue weighted by Gasteiger charge is -2.40. The van der Waals surface area contributed by atoms with Crippen molar-refractivity contribution in [2.75, 3.05) is 24.5 Å². The number of anilines is 1. The van der Waals surface area contributed by atoms with Crippen molar-refractivity contribution < 1.29 is 4.39 Å². The molecule has 0 amide bonds. The standard InChI is InChI=1S/C17H25FN2/c1-13-7-8-15(18)11-17(13)20-10-9-19-16(12-20)14-5-3-2-4-6-14/h7-8,11,14,16,19H,2-6,9-10,12H2,1H3. The molecule has 1 aliphatic carbocycles. The molecule has 1 aliphatic heterocycles. The van der Waals surface area contributed by atoms with E-state index in [1.807, 2.05) is 6.07 Å². The number of hydrogen-bond acceptors (Lipinski definition) is 2. The molecule has 2 nitrogen and oxygen atoms in total. The van der Waals surface area contributed by atoms with Crippen LogP contribution >= 0.6 is 0 Å². The Morgan fingerprint density at radius 1 is 1.20 bits per heavy atom. The highest BCUT2D eigenvalue weighted by Gasteiger charge is 2.28. The summed E-state index contributed by atoms with van der Waals surface area (Å²) in [5, 5.41) is 3.69. The van der Waals surface area contributed by atoms with Crippen LogP contribution in [0.1, 0.15) is 37.7 Å². The molecule has 2 aliphatic rings. The molecule has 1 unspecified atom stereocenters. The van der Waals surface area contributed by atoms with E-state index in [4.69, 9.17) is 0 Å². The highest BCUT2D eigenvalue weighted by molar-refractivity contribution is 5.53.